The predicted molar refractivity (Wildman–Crippen MR) is 63.5 cm³/mol. The number of nitrogens with two attached hydrogens (primary N) is 1. The van der Waals surface area contributed by atoms with Crippen molar-refractivity contribution >= 4 is 5.91 Å². The van der Waals surface area contributed by atoms with Gasteiger partial charge < -0.3 is 4.74 Å². The molecule has 1 aliphatic heterocycles. The second kappa shape index (κ2) is 5.28. The van der Waals surface area contributed by atoms with Gasteiger partial charge in [0.1, 0.15) is 6.10 Å². The number of nitrogens with one attached hydrogen (secondary N) is 1. The lowest BCUT2D eigenvalue weighted by Gasteiger charge is -2.13. The highest BCUT2D eigenvalue weighted by Gasteiger charge is 2.30. The molecule has 7 heteroatoms. The van der Waals surface area contributed by atoms with E-state index in [1.54, 1.807) is 6.20 Å². The van der Waals surface area contributed by atoms with Crippen molar-refractivity contribution in [1.82, 2.24) is 15.2 Å². The van der Waals surface area contributed by atoms with Gasteiger partial charge in [0, 0.05) is 6.07 Å². The molecule has 2 rings (SSSR count). The molecule has 0 aliphatic carbocycles. The molecule has 2 atom stereocenters. The van der Waals surface area contributed by atoms with E-state index in [-0.39, 0.29) is 17.6 Å². The van der Waals surface area contributed by atoms with Crippen LogP contribution in [0.5, 0.6) is 0 Å². The van der Waals surface area contributed by atoms with Crippen LogP contribution in [-0.4, -0.2) is 27.9 Å². The molecule has 1 aromatic heterocycles. The fraction of sp³-hybridized carbons (Fsp3) is 0.545. The summed E-state index contributed by atoms with van der Waals surface area (Å²) >= 11 is 0. The molecular formula is C11H16N4O3. The van der Waals surface area contributed by atoms with Gasteiger partial charge in [-0.1, -0.05) is 0 Å². The Hall–Kier alpha value is -1.73. The number of carbonyl (C=O) groups is 1. The molecule has 7 nitrogen and oxygen atoms in total. The van der Waals surface area contributed by atoms with E-state index in [0.29, 0.717) is 19.4 Å². The summed E-state index contributed by atoms with van der Waals surface area (Å²) in [6.45, 7) is 2.17. The van der Waals surface area contributed by atoms with E-state index in [4.69, 9.17) is 10.6 Å². The van der Waals surface area contributed by atoms with Crippen LogP contribution in [0.3, 0.4) is 0 Å². The topological polar surface area (TPSA) is 99.2 Å². The van der Waals surface area contributed by atoms with Crippen LogP contribution >= 0.6 is 0 Å². The van der Waals surface area contributed by atoms with E-state index in [1.165, 1.54) is 10.7 Å². The van der Waals surface area contributed by atoms with Crippen LogP contribution in [0.1, 0.15) is 18.4 Å². The van der Waals surface area contributed by atoms with E-state index < -0.39 is 6.10 Å². The average Bonchev–Trinajstić information content (AvgIpc) is 2.80. The predicted octanol–water partition coefficient (Wildman–Crippen LogP) is -0.911. The van der Waals surface area contributed by atoms with Crippen LogP contribution in [0.25, 0.3) is 0 Å². The van der Waals surface area contributed by atoms with Crippen molar-refractivity contribution < 1.29 is 9.53 Å². The minimum absolute atomic E-state index is 0.162. The number of aromatic nitrogens is 2. The zero-order chi connectivity index (χ0) is 13.1. The summed E-state index contributed by atoms with van der Waals surface area (Å²) in [5.74, 6) is 4.71. The summed E-state index contributed by atoms with van der Waals surface area (Å²) in [7, 11) is 0. The summed E-state index contributed by atoms with van der Waals surface area (Å²) < 4.78 is 6.86. The number of aryl methyl sites for hydroxylation is 1. The third-order valence-electron chi connectivity index (χ3n) is 2.93. The molecule has 0 bridgehead atoms. The van der Waals surface area contributed by atoms with Crippen molar-refractivity contribution in [2.75, 3.05) is 0 Å². The SMILES string of the molecule is Cc1cnn(CC2CCC(C(=O)NN)O2)c(=O)c1. The maximum Gasteiger partial charge on any atom is 0.267 e. The lowest BCUT2D eigenvalue weighted by atomic mass is 10.2. The summed E-state index contributed by atoms with van der Waals surface area (Å²) in [6, 6.07) is 1.52. The Labute approximate surface area is 104 Å². The van der Waals surface area contributed by atoms with E-state index in [2.05, 4.69) is 10.5 Å². The van der Waals surface area contributed by atoms with Gasteiger partial charge in [-0.3, -0.25) is 15.0 Å². The molecule has 1 saturated heterocycles. The van der Waals surface area contributed by atoms with Gasteiger partial charge in [0.2, 0.25) is 0 Å². The quantitative estimate of drug-likeness (QED) is 0.412. The van der Waals surface area contributed by atoms with E-state index >= 15 is 0 Å². The lowest BCUT2D eigenvalue weighted by molar-refractivity contribution is -0.132. The Morgan fingerprint density at radius 3 is 3.11 bits per heavy atom. The number of hydrazine groups is 1. The van der Waals surface area contributed by atoms with Gasteiger partial charge in [0.05, 0.1) is 18.8 Å². The van der Waals surface area contributed by atoms with Crippen LogP contribution in [0.4, 0.5) is 0 Å². The highest BCUT2D eigenvalue weighted by Crippen LogP contribution is 2.20. The fourth-order valence-electron chi connectivity index (χ4n) is 1.98. The molecule has 0 radical (unpaired) electrons. The van der Waals surface area contributed by atoms with Crippen molar-refractivity contribution in [3.63, 3.8) is 0 Å². The van der Waals surface area contributed by atoms with Gasteiger partial charge in [-0.2, -0.15) is 5.10 Å². The first-order valence-electron chi connectivity index (χ1n) is 5.80. The first-order chi connectivity index (χ1) is 8.60. The van der Waals surface area contributed by atoms with Crippen LogP contribution in [0, 0.1) is 6.92 Å². The maximum absolute atomic E-state index is 11.6. The lowest BCUT2D eigenvalue weighted by Crippen LogP contribution is -2.39. The zero-order valence-electron chi connectivity index (χ0n) is 10.1. The molecule has 0 spiro atoms. The highest BCUT2D eigenvalue weighted by molar-refractivity contribution is 5.80. The Bertz CT molecular complexity index is 499. The summed E-state index contributed by atoms with van der Waals surface area (Å²) in [5.41, 5.74) is 2.72. The molecule has 0 aromatic carbocycles. The standard InChI is InChI=1S/C11H16N4O3/c1-7-4-10(16)15(13-5-7)6-8-2-3-9(18-8)11(17)14-12/h4-5,8-9H,2-3,6,12H2,1H3,(H,14,17). The molecule has 1 fully saturated rings. The normalized spacial score (nSPS) is 23.0. The zero-order valence-corrected chi connectivity index (χ0v) is 10.1. The Kier molecular flexibility index (Phi) is 3.73. The van der Waals surface area contributed by atoms with E-state index in [9.17, 15) is 9.59 Å². The fourth-order valence-corrected chi connectivity index (χ4v) is 1.98. The van der Waals surface area contributed by atoms with Gasteiger partial charge in [-0.25, -0.2) is 10.5 Å². The smallest absolute Gasteiger partial charge is 0.267 e. The van der Waals surface area contributed by atoms with Crippen molar-refractivity contribution in [2.45, 2.75) is 38.5 Å². The Balaban J connectivity index is 1.99. The Morgan fingerprint density at radius 1 is 1.67 bits per heavy atom. The molecule has 1 aromatic rings. The number of nitrogens with zero attached hydrogens (tertiary/aromatic N) is 2. The minimum atomic E-state index is -0.527. The maximum atomic E-state index is 11.6. The van der Waals surface area contributed by atoms with Crippen LogP contribution in [0.2, 0.25) is 0 Å². The molecule has 1 amide bonds. The number of hydrogen-bond acceptors (Lipinski definition) is 5. The van der Waals surface area contributed by atoms with Gasteiger partial charge in [0.25, 0.3) is 11.5 Å². The summed E-state index contributed by atoms with van der Waals surface area (Å²) in [5, 5.41) is 4.03. The van der Waals surface area contributed by atoms with E-state index in [1.807, 2.05) is 6.92 Å². The number of hydrogen-bond donors (Lipinski definition) is 2. The van der Waals surface area contributed by atoms with Crippen molar-refractivity contribution in [3.8, 4) is 0 Å². The average molecular weight is 252 g/mol. The van der Waals surface area contributed by atoms with Crippen LogP contribution < -0.4 is 16.8 Å². The van der Waals surface area contributed by atoms with Crippen molar-refractivity contribution in [2.24, 2.45) is 5.84 Å². The number of amides is 1. The summed E-state index contributed by atoms with van der Waals surface area (Å²) in [4.78, 5) is 22.9. The molecule has 2 unspecified atom stereocenters. The first-order valence-corrected chi connectivity index (χ1v) is 5.80. The third-order valence-corrected chi connectivity index (χ3v) is 2.93. The molecular weight excluding hydrogens is 236 g/mol. The monoisotopic (exact) mass is 252 g/mol. The number of rotatable bonds is 3. The van der Waals surface area contributed by atoms with Gasteiger partial charge in [-0.05, 0) is 25.3 Å². The van der Waals surface area contributed by atoms with Crippen molar-refractivity contribution in [3.05, 3.63) is 28.2 Å². The largest absolute Gasteiger partial charge is 0.363 e. The third kappa shape index (κ3) is 2.74. The number of ether oxygens (including phenoxy) is 1. The molecule has 18 heavy (non-hydrogen) atoms. The van der Waals surface area contributed by atoms with Crippen LogP contribution in [0.15, 0.2) is 17.1 Å². The van der Waals surface area contributed by atoms with E-state index in [0.717, 1.165) is 5.56 Å². The minimum Gasteiger partial charge on any atom is -0.363 e. The van der Waals surface area contributed by atoms with Gasteiger partial charge in [0.15, 0.2) is 0 Å². The Morgan fingerprint density at radius 2 is 2.44 bits per heavy atom. The molecule has 0 saturated carbocycles. The van der Waals surface area contributed by atoms with Gasteiger partial charge >= 0.3 is 0 Å². The summed E-state index contributed by atoms with van der Waals surface area (Å²) in [6.07, 6.45) is 2.23. The molecule has 3 N–H and O–H groups in total. The molecule has 98 valence electrons. The molecule has 2 heterocycles. The highest BCUT2D eigenvalue weighted by atomic mass is 16.5. The molecule has 1 aliphatic rings. The van der Waals surface area contributed by atoms with Crippen LogP contribution in [-0.2, 0) is 16.1 Å². The second-order valence-corrected chi connectivity index (χ2v) is 4.39. The van der Waals surface area contributed by atoms with Crippen molar-refractivity contribution in [1.29, 1.82) is 0 Å². The van der Waals surface area contributed by atoms with Gasteiger partial charge in [-0.15, -0.1) is 0 Å². The second-order valence-electron chi connectivity index (χ2n) is 4.39. The first kappa shape index (κ1) is 12.7. The number of carbonyl (C=O) groups excluding carboxylic acids is 1.